The zero-order valence-corrected chi connectivity index (χ0v) is 14.7. The number of rotatable bonds is 4. The molecule has 2 aromatic rings. The third-order valence-corrected chi connectivity index (χ3v) is 4.74. The second-order valence-electron chi connectivity index (χ2n) is 6.52. The summed E-state index contributed by atoms with van der Waals surface area (Å²) in [7, 11) is 0. The van der Waals surface area contributed by atoms with Gasteiger partial charge in [0.05, 0.1) is 11.6 Å². The molecule has 0 unspecified atom stereocenters. The van der Waals surface area contributed by atoms with Gasteiger partial charge in [0, 0.05) is 24.6 Å². The molecule has 1 heterocycles. The predicted octanol–water partition coefficient (Wildman–Crippen LogP) is 4.53. The summed E-state index contributed by atoms with van der Waals surface area (Å²) in [4.78, 5) is 14.6. The van der Waals surface area contributed by atoms with Crippen LogP contribution in [0.4, 0.5) is 0 Å². The average Bonchev–Trinajstić information content (AvgIpc) is 2.60. The van der Waals surface area contributed by atoms with Crippen molar-refractivity contribution in [3.8, 4) is 6.07 Å². The molecular weight excluding hydrogens is 308 g/mol. The van der Waals surface area contributed by atoms with Crippen LogP contribution in [0.2, 0.25) is 0 Å². The van der Waals surface area contributed by atoms with Crippen molar-refractivity contribution in [2.45, 2.75) is 26.2 Å². The first-order chi connectivity index (χ1) is 12.1. The number of carbonyl (C=O) groups is 1. The van der Waals surface area contributed by atoms with Crippen molar-refractivity contribution in [2.75, 3.05) is 13.1 Å². The third kappa shape index (κ3) is 3.64. The van der Waals surface area contributed by atoms with E-state index in [1.807, 2.05) is 47.4 Å². The predicted molar refractivity (Wildman–Crippen MR) is 100 cm³/mol. The van der Waals surface area contributed by atoms with Gasteiger partial charge in [0.2, 0.25) is 0 Å². The maximum absolute atomic E-state index is 12.7. The van der Waals surface area contributed by atoms with Crippen LogP contribution in [0, 0.1) is 18.3 Å². The molecule has 3 nitrogen and oxygen atoms in total. The first-order valence-corrected chi connectivity index (χ1v) is 8.69. The van der Waals surface area contributed by atoms with Gasteiger partial charge in [-0.05, 0) is 54.3 Å². The molecule has 3 heteroatoms. The molecule has 0 saturated carbocycles. The van der Waals surface area contributed by atoms with Gasteiger partial charge in [0.1, 0.15) is 0 Å². The van der Waals surface area contributed by atoms with E-state index in [9.17, 15) is 4.79 Å². The monoisotopic (exact) mass is 330 g/mol. The van der Waals surface area contributed by atoms with Crippen molar-refractivity contribution in [1.82, 2.24) is 4.90 Å². The molecule has 1 fully saturated rings. The Balaban J connectivity index is 1.67. The molecule has 0 radical (unpaired) electrons. The van der Waals surface area contributed by atoms with Gasteiger partial charge < -0.3 is 4.90 Å². The highest BCUT2D eigenvalue weighted by atomic mass is 16.2. The van der Waals surface area contributed by atoms with Crippen LogP contribution in [-0.4, -0.2) is 23.9 Å². The van der Waals surface area contributed by atoms with Crippen LogP contribution >= 0.6 is 0 Å². The number of aryl methyl sites for hydroxylation is 1. The lowest BCUT2D eigenvalue weighted by Crippen LogP contribution is -2.48. The average molecular weight is 330 g/mol. The van der Waals surface area contributed by atoms with Crippen LogP contribution in [0.5, 0.6) is 0 Å². The van der Waals surface area contributed by atoms with E-state index in [0.29, 0.717) is 11.5 Å². The standard InChI is InChI=1S/C22H22N2O/c1-3-4-5-19-12-20(9-6-16(19)2)22(25)24-14-21(15-24)18-10-7-17(13-23)8-11-18/h4-12,21H,3,14-15H2,1-2H3/b5-4-. The van der Waals surface area contributed by atoms with Crippen LogP contribution < -0.4 is 0 Å². The quantitative estimate of drug-likeness (QED) is 0.826. The molecule has 25 heavy (non-hydrogen) atoms. The summed E-state index contributed by atoms with van der Waals surface area (Å²) in [6, 6.07) is 15.7. The molecular formula is C22H22N2O. The number of nitriles is 1. The van der Waals surface area contributed by atoms with Gasteiger partial charge >= 0.3 is 0 Å². The zero-order chi connectivity index (χ0) is 17.8. The lowest BCUT2D eigenvalue weighted by molar-refractivity contribution is 0.0602. The minimum atomic E-state index is 0.0936. The van der Waals surface area contributed by atoms with Crippen LogP contribution in [0.15, 0.2) is 48.5 Å². The van der Waals surface area contributed by atoms with Gasteiger partial charge in [-0.1, -0.05) is 37.3 Å². The highest BCUT2D eigenvalue weighted by molar-refractivity contribution is 5.95. The first kappa shape index (κ1) is 17.0. The molecule has 0 atom stereocenters. The number of amides is 1. The number of hydrogen-bond donors (Lipinski definition) is 0. The van der Waals surface area contributed by atoms with E-state index in [0.717, 1.165) is 30.6 Å². The van der Waals surface area contributed by atoms with Gasteiger partial charge in [-0.25, -0.2) is 0 Å². The summed E-state index contributed by atoms with van der Waals surface area (Å²) >= 11 is 0. The number of nitrogens with zero attached hydrogens (tertiary/aromatic N) is 2. The zero-order valence-electron chi connectivity index (χ0n) is 14.7. The largest absolute Gasteiger partial charge is 0.337 e. The molecule has 0 aromatic heterocycles. The number of likely N-dealkylation sites (tertiary alicyclic amines) is 1. The fourth-order valence-electron chi connectivity index (χ4n) is 3.07. The Morgan fingerprint density at radius 1 is 1.24 bits per heavy atom. The van der Waals surface area contributed by atoms with E-state index < -0.39 is 0 Å². The Morgan fingerprint density at radius 2 is 1.96 bits per heavy atom. The van der Waals surface area contributed by atoms with Crippen molar-refractivity contribution >= 4 is 12.0 Å². The Kier molecular flexibility index (Phi) is 5.00. The highest BCUT2D eigenvalue weighted by Gasteiger charge is 2.32. The van der Waals surface area contributed by atoms with Gasteiger partial charge in [-0.3, -0.25) is 4.79 Å². The normalized spacial score (nSPS) is 14.4. The second kappa shape index (κ2) is 7.36. The van der Waals surface area contributed by atoms with E-state index in [2.05, 4.69) is 32.1 Å². The number of allylic oxidation sites excluding steroid dienone is 1. The Hall–Kier alpha value is -2.86. The van der Waals surface area contributed by atoms with Gasteiger partial charge in [0.25, 0.3) is 5.91 Å². The van der Waals surface area contributed by atoms with E-state index in [1.165, 1.54) is 11.1 Å². The third-order valence-electron chi connectivity index (χ3n) is 4.74. The maximum Gasteiger partial charge on any atom is 0.253 e. The number of carbonyl (C=O) groups excluding carboxylic acids is 1. The topological polar surface area (TPSA) is 44.1 Å². The molecule has 1 amide bonds. The fraction of sp³-hybridized carbons (Fsp3) is 0.273. The second-order valence-corrected chi connectivity index (χ2v) is 6.52. The Morgan fingerprint density at radius 3 is 2.60 bits per heavy atom. The Labute approximate surface area is 149 Å². The summed E-state index contributed by atoms with van der Waals surface area (Å²) in [5.41, 5.74) is 4.90. The summed E-state index contributed by atoms with van der Waals surface area (Å²) in [5.74, 6) is 0.456. The molecule has 3 rings (SSSR count). The molecule has 1 aliphatic rings. The van der Waals surface area contributed by atoms with Crippen molar-refractivity contribution in [3.05, 3.63) is 76.4 Å². The molecule has 0 aliphatic carbocycles. The van der Waals surface area contributed by atoms with Crippen molar-refractivity contribution in [3.63, 3.8) is 0 Å². The first-order valence-electron chi connectivity index (χ1n) is 8.69. The van der Waals surface area contributed by atoms with Crippen molar-refractivity contribution < 1.29 is 4.79 Å². The minimum Gasteiger partial charge on any atom is -0.337 e. The summed E-state index contributed by atoms with van der Waals surface area (Å²) in [5, 5.41) is 8.87. The van der Waals surface area contributed by atoms with Crippen molar-refractivity contribution in [2.24, 2.45) is 0 Å². The minimum absolute atomic E-state index is 0.0936. The molecule has 0 bridgehead atoms. The Bertz CT molecular complexity index is 837. The van der Waals surface area contributed by atoms with Gasteiger partial charge in [-0.2, -0.15) is 5.26 Å². The van der Waals surface area contributed by atoms with Crippen LogP contribution in [0.1, 0.15) is 51.9 Å². The van der Waals surface area contributed by atoms with E-state index in [-0.39, 0.29) is 5.91 Å². The van der Waals surface area contributed by atoms with Crippen molar-refractivity contribution in [1.29, 1.82) is 5.26 Å². The van der Waals surface area contributed by atoms with Gasteiger partial charge in [0.15, 0.2) is 0 Å². The lowest BCUT2D eigenvalue weighted by Gasteiger charge is -2.39. The van der Waals surface area contributed by atoms with Crippen LogP contribution in [0.3, 0.4) is 0 Å². The van der Waals surface area contributed by atoms with E-state index in [4.69, 9.17) is 5.26 Å². The molecule has 2 aromatic carbocycles. The SMILES string of the molecule is CC/C=C\c1cc(C(=O)N2CC(c3ccc(C#N)cc3)C2)ccc1C. The maximum atomic E-state index is 12.7. The molecule has 0 spiro atoms. The molecule has 1 saturated heterocycles. The molecule has 0 N–H and O–H groups in total. The smallest absolute Gasteiger partial charge is 0.253 e. The lowest BCUT2D eigenvalue weighted by atomic mass is 9.90. The van der Waals surface area contributed by atoms with Crippen LogP contribution in [-0.2, 0) is 0 Å². The highest BCUT2D eigenvalue weighted by Crippen LogP contribution is 2.29. The molecule has 1 aliphatic heterocycles. The van der Waals surface area contributed by atoms with Crippen LogP contribution in [0.25, 0.3) is 6.08 Å². The van der Waals surface area contributed by atoms with E-state index in [1.54, 1.807) is 0 Å². The van der Waals surface area contributed by atoms with Gasteiger partial charge in [-0.15, -0.1) is 0 Å². The number of benzene rings is 2. The van der Waals surface area contributed by atoms with E-state index >= 15 is 0 Å². The molecule has 126 valence electrons. The summed E-state index contributed by atoms with van der Waals surface area (Å²) in [6.07, 6.45) is 5.18. The number of hydrogen-bond acceptors (Lipinski definition) is 2. The summed E-state index contributed by atoms with van der Waals surface area (Å²) in [6.45, 7) is 5.63. The fourth-order valence-corrected chi connectivity index (χ4v) is 3.07. The summed E-state index contributed by atoms with van der Waals surface area (Å²) < 4.78 is 0.